The first kappa shape index (κ1) is 11.9. The van der Waals surface area contributed by atoms with Gasteiger partial charge in [0.05, 0.1) is 11.7 Å². The van der Waals surface area contributed by atoms with Gasteiger partial charge in [0.1, 0.15) is 12.2 Å². The van der Waals surface area contributed by atoms with Crippen LogP contribution < -0.4 is 5.73 Å². The van der Waals surface area contributed by atoms with Gasteiger partial charge in [-0.3, -0.25) is 4.68 Å². The van der Waals surface area contributed by atoms with Gasteiger partial charge < -0.3 is 5.73 Å². The normalized spacial score (nSPS) is 12.9. The van der Waals surface area contributed by atoms with Gasteiger partial charge in [0.15, 0.2) is 0 Å². The van der Waals surface area contributed by atoms with Crippen molar-refractivity contribution in [3.63, 3.8) is 0 Å². The molecule has 0 aliphatic carbocycles. The minimum absolute atomic E-state index is 0.130. The van der Waals surface area contributed by atoms with E-state index in [0.29, 0.717) is 6.42 Å². The Morgan fingerprint density at radius 2 is 2.21 bits per heavy atom. The largest absolute Gasteiger partial charge is 0.323 e. The van der Waals surface area contributed by atoms with E-state index < -0.39 is 0 Å². The molecule has 0 bridgehead atoms. The van der Waals surface area contributed by atoms with E-state index in [4.69, 9.17) is 5.73 Å². The number of hydrogen-bond donors (Lipinski definition) is 1. The molecular weight excluding hydrogens is 240 g/mol. The predicted molar refractivity (Wildman–Crippen MR) is 71.5 cm³/mol. The molecule has 0 aliphatic rings. The molecule has 2 N–H and O–H groups in total. The zero-order valence-electron chi connectivity index (χ0n) is 10.8. The van der Waals surface area contributed by atoms with Crippen LogP contribution in [-0.2, 0) is 13.0 Å². The summed E-state index contributed by atoms with van der Waals surface area (Å²) in [5.74, 6) is 0.908. The molecule has 0 radical (unpaired) electrons. The first-order valence-corrected chi connectivity index (χ1v) is 6.34. The molecule has 0 saturated heterocycles. The Hall–Kier alpha value is -2.21. The number of nitrogens with two attached hydrogens (primary N) is 1. The number of fused-ring (bicyclic) bond motifs is 1. The molecule has 0 saturated carbocycles. The average Bonchev–Trinajstić information content (AvgIpc) is 3.04. The lowest BCUT2D eigenvalue weighted by Gasteiger charge is -2.10. The Bertz CT molecular complexity index is 683. The van der Waals surface area contributed by atoms with Crippen LogP contribution in [0, 0.1) is 0 Å². The lowest BCUT2D eigenvalue weighted by atomic mass is 10.1. The van der Waals surface area contributed by atoms with Gasteiger partial charge in [0, 0.05) is 30.8 Å². The molecule has 3 rings (SSSR count). The van der Waals surface area contributed by atoms with E-state index in [1.54, 1.807) is 6.33 Å². The number of pyridine rings is 1. The van der Waals surface area contributed by atoms with Crippen LogP contribution in [-0.4, -0.2) is 24.4 Å². The smallest absolute Gasteiger partial charge is 0.138 e. The Labute approximate surface area is 110 Å². The highest BCUT2D eigenvalue weighted by atomic mass is 15.3. The number of aryl methyl sites for hydroxylation is 1. The van der Waals surface area contributed by atoms with E-state index in [-0.39, 0.29) is 6.04 Å². The third-order valence-corrected chi connectivity index (χ3v) is 3.25. The SMILES string of the molecule is CCn1ncnc1CC(N)c1cnn2ccccc12. The zero-order valence-corrected chi connectivity index (χ0v) is 10.8. The van der Waals surface area contributed by atoms with Gasteiger partial charge in [-0.1, -0.05) is 6.07 Å². The van der Waals surface area contributed by atoms with Gasteiger partial charge in [-0.2, -0.15) is 10.2 Å². The summed E-state index contributed by atoms with van der Waals surface area (Å²) in [7, 11) is 0. The Balaban J connectivity index is 1.90. The predicted octanol–water partition coefficient (Wildman–Crippen LogP) is 1.19. The highest BCUT2D eigenvalue weighted by Crippen LogP contribution is 2.19. The molecule has 3 heterocycles. The number of nitrogens with zero attached hydrogens (tertiary/aromatic N) is 5. The summed E-state index contributed by atoms with van der Waals surface area (Å²) in [4.78, 5) is 4.26. The van der Waals surface area contributed by atoms with E-state index in [1.165, 1.54) is 0 Å². The van der Waals surface area contributed by atoms with E-state index in [9.17, 15) is 0 Å². The van der Waals surface area contributed by atoms with Crippen LogP contribution in [0.15, 0.2) is 36.9 Å². The van der Waals surface area contributed by atoms with Crippen LogP contribution in [0.5, 0.6) is 0 Å². The van der Waals surface area contributed by atoms with Crippen molar-refractivity contribution >= 4 is 5.52 Å². The molecule has 3 aromatic rings. The van der Waals surface area contributed by atoms with Crippen molar-refractivity contribution in [2.24, 2.45) is 5.73 Å². The minimum atomic E-state index is -0.130. The van der Waals surface area contributed by atoms with Gasteiger partial charge in [0.25, 0.3) is 0 Å². The van der Waals surface area contributed by atoms with Gasteiger partial charge in [-0.05, 0) is 19.1 Å². The molecule has 3 aromatic heterocycles. The molecule has 0 aliphatic heterocycles. The minimum Gasteiger partial charge on any atom is -0.323 e. The third kappa shape index (κ3) is 2.10. The summed E-state index contributed by atoms with van der Waals surface area (Å²) in [6, 6.07) is 5.83. The van der Waals surface area contributed by atoms with Crippen LogP contribution in [0.3, 0.4) is 0 Å². The van der Waals surface area contributed by atoms with Gasteiger partial charge in [-0.15, -0.1) is 0 Å². The molecule has 0 spiro atoms. The summed E-state index contributed by atoms with van der Waals surface area (Å²) in [6.07, 6.45) is 5.97. The fourth-order valence-electron chi connectivity index (χ4n) is 2.26. The maximum Gasteiger partial charge on any atom is 0.138 e. The molecule has 6 nitrogen and oxygen atoms in total. The summed E-state index contributed by atoms with van der Waals surface area (Å²) in [5.41, 5.74) is 8.36. The Kier molecular flexibility index (Phi) is 3.00. The van der Waals surface area contributed by atoms with Crippen LogP contribution in [0.4, 0.5) is 0 Å². The number of hydrogen-bond acceptors (Lipinski definition) is 4. The molecule has 0 fully saturated rings. The van der Waals surface area contributed by atoms with E-state index in [1.807, 2.05) is 46.7 Å². The number of rotatable bonds is 4. The molecule has 0 amide bonds. The fraction of sp³-hybridized carbons (Fsp3) is 0.308. The molecule has 98 valence electrons. The number of aromatic nitrogens is 5. The van der Waals surface area contributed by atoms with Crippen molar-refractivity contribution in [3.8, 4) is 0 Å². The molecular formula is C13H16N6. The van der Waals surface area contributed by atoms with Crippen LogP contribution in [0.25, 0.3) is 5.52 Å². The van der Waals surface area contributed by atoms with Crippen molar-refractivity contribution in [2.75, 3.05) is 0 Å². The Morgan fingerprint density at radius 3 is 3.05 bits per heavy atom. The standard InChI is InChI=1S/C13H16N6/c1-2-18-13(15-9-17-18)7-11(14)10-8-16-19-6-4-3-5-12(10)19/h3-6,8-9,11H,2,7,14H2,1H3. The molecule has 1 unspecified atom stereocenters. The highest BCUT2D eigenvalue weighted by Gasteiger charge is 2.15. The molecule has 19 heavy (non-hydrogen) atoms. The second-order valence-electron chi connectivity index (χ2n) is 4.43. The van der Waals surface area contributed by atoms with Crippen LogP contribution in [0.2, 0.25) is 0 Å². The summed E-state index contributed by atoms with van der Waals surface area (Å²) >= 11 is 0. The summed E-state index contributed by atoms with van der Waals surface area (Å²) in [6.45, 7) is 2.84. The van der Waals surface area contributed by atoms with E-state index in [2.05, 4.69) is 15.2 Å². The first-order valence-electron chi connectivity index (χ1n) is 6.34. The second kappa shape index (κ2) is 4.81. The van der Waals surface area contributed by atoms with Crippen molar-refractivity contribution in [1.82, 2.24) is 24.4 Å². The molecule has 1 atom stereocenters. The quantitative estimate of drug-likeness (QED) is 0.761. The Morgan fingerprint density at radius 1 is 1.32 bits per heavy atom. The van der Waals surface area contributed by atoms with E-state index >= 15 is 0 Å². The van der Waals surface area contributed by atoms with Crippen molar-refractivity contribution < 1.29 is 0 Å². The van der Waals surface area contributed by atoms with Crippen LogP contribution in [0.1, 0.15) is 24.4 Å². The average molecular weight is 256 g/mol. The monoisotopic (exact) mass is 256 g/mol. The second-order valence-corrected chi connectivity index (χ2v) is 4.43. The first-order chi connectivity index (χ1) is 9.29. The molecule has 0 aromatic carbocycles. The lowest BCUT2D eigenvalue weighted by Crippen LogP contribution is -2.16. The topological polar surface area (TPSA) is 74.0 Å². The summed E-state index contributed by atoms with van der Waals surface area (Å²) in [5, 5.41) is 8.47. The molecule has 6 heteroatoms. The third-order valence-electron chi connectivity index (χ3n) is 3.25. The van der Waals surface area contributed by atoms with Gasteiger partial charge in [-0.25, -0.2) is 9.50 Å². The maximum atomic E-state index is 6.29. The lowest BCUT2D eigenvalue weighted by molar-refractivity contribution is 0.582. The summed E-state index contributed by atoms with van der Waals surface area (Å²) < 4.78 is 3.70. The van der Waals surface area contributed by atoms with Crippen molar-refractivity contribution in [1.29, 1.82) is 0 Å². The van der Waals surface area contributed by atoms with Gasteiger partial charge in [0.2, 0.25) is 0 Å². The van der Waals surface area contributed by atoms with E-state index in [0.717, 1.165) is 23.4 Å². The van der Waals surface area contributed by atoms with Gasteiger partial charge >= 0.3 is 0 Å². The fourth-order valence-corrected chi connectivity index (χ4v) is 2.26. The van der Waals surface area contributed by atoms with Crippen molar-refractivity contribution in [3.05, 3.63) is 48.3 Å². The highest BCUT2D eigenvalue weighted by molar-refractivity contribution is 5.54. The van der Waals surface area contributed by atoms with Crippen LogP contribution >= 0.6 is 0 Å². The maximum absolute atomic E-state index is 6.29. The van der Waals surface area contributed by atoms with Crippen molar-refractivity contribution in [2.45, 2.75) is 25.9 Å². The zero-order chi connectivity index (χ0) is 13.2.